The number of ether oxygens (including phenoxy) is 1. The molecule has 2 heterocycles. The van der Waals surface area contributed by atoms with Crippen LogP contribution in [0.25, 0.3) is 0 Å². The number of aromatic nitrogens is 2. The molecule has 1 saturated heterocycles. The molecule has 0 spiro atoms. The number of amides is 1. The Morgan fingerprint density at radius 1 is 1.27 bits per heavy atom. The van der Waals surface area contributed by atoms with Crippen molar-refractivity contribution in [1.82, 2.24) is 15.5 Å². The number of halogens is 2. The first-order valence-electron chi connectivity index (χ1n) is 8.25. The van der Waals surface area contributed by atoms with E-state index in [1.54, 1.807) is 0 Å². The second-order valence-electron chi connectivity index (χ2n) is 6.55. The number of benzene rings is 1. The molecule has 0 saturated carbocycles. The number of rotatable bonds is 4. The molecule has 1 aliphatic heterocycles. The number of hydrogen-bond donors (Lipinski definition) is 2. The van der Waals surface area contributed by atoms with E-state index in [0.29, 0.717) is 37.8 Å². The molecule has 1 fully saturated rings. The third-order valence-corrected chi connectivity index (χ3v) is 4.92. The molecule has 0 atom stereocenters. The van der Waals surface area contributed by atoms with Gasteiger partial charge in [-0.15, -0.1) is 0 Å². The molecule has 140 valence electrons. The summed E-state index contributed by atoms with van der Waals surface area (Å²) in [7, 11) is 0. The summed E-state index contributed by atoms with van der Waals surface area (Å²) in [6.07, 6.45) is 0.996. The quantitative estimate of drug-likeness (QED) is 0.813. The van der Waals surface area contributed by atoms with E-state index in [9.17, 15) is 9.90 Å². The van der Waals surface area contributed by atoms with Crippen molar-refractivity contribution in [3.8, 4) is 5.75 Å². The molecule has 0 radical (unpaired) electrons. The Hall–Kier alpha value is -1.83. The van der Waals surface area contributed by atoms with Crippen molar-refractivity contribution in [3.05, 3.63) is 39.5 Å². The highest BCUT2D eigenvalue weighted by Crippen LogP contribution is 2.35. The molecule has 9 heteroatoms. The van der Waals surface area contributed by atoms with Gasteiger partial charge in [-0.05, 0) is 12.1 Å². The van der Waals surface area contributed by atoms with Gasteiger partial charge in [0.05, 0.1) is 10.0 Å². The van der Waals surface area contributed by atoms with Crippen LogP contribution in [-0.2, 0) is 10.3 Å². The zero-order valence-corrected chi connectivity index (χ0v) is 15.9. The highest BCUT2D eigenvalue weighted by molar-refractivity contribution is 6.37. The highest BCUT2D eigenvalue weighted by atomic mass is 35.5. The van der Waals surface area contributed by atoms with Crippen LogP contribution in [0.4, 0.5) is 0 Å². The minimum absolute atomic E-state index is 0.00330. The topological polar surface area (TPSA) is 97.5 Å². The standard InChI is InChI=1S/C17H19Cl2N3O4/c1-9(2)14-20-16(26-22-14)17(3-5-25-6-4-17)21-15(24)10-7-11(18)13(23)12(19)8-10/h7-9,23H,3-6H2,1-2H3,(H,21,24). The van der Waals surface area contributed by atoms with E-state index in [0.717, 1.165) is 0 Å². The lowest BCUT2D eigenvalue weighted by molar-refractivity contribution is 0.0222. The van der Waals surface area contributed by atoms with Crippen LogP contribution in [-0.4, -0.2) is 34.4 Å². The van der Waals surface area contributed by atoms with Gasteiger partial charge in [0, 0.05) is 37.5 Å². The number of phenolic OH excluding ortho intramolecular Hbond substituents is 1. The highest BCUT2D eigenvalue weighted by Gasteiger charge is 2.41. The van der Waals surface area contributed by atoms with Gasteiger partial charge < -0.3 is 19.7 Å². The second kappa shape index (κ2) is 7.42. The fourth-order valence-corrected chi connectivity index (χ4v) is 3.25. The van der Waals surface area contributed by atoms with E-state index in [1.807, 2.05) is 13.8 Å². The number of nitrogens with zero attached hydrogens (tertiary/aromatic N) is 2. The van der Waals surface area contributed by atoms with Crippen LogP contribution in [0.3, 0.4) is 0 Å². The molecule has 26 heavy (non-hydrogen) atoms. The second-order valence-corrected chi connectivity index (χ2v) is 7.36. The third-order valence-electron chi connectivity index (χ3n) is 4.35. The summed E-state index contributed by atoms with van der Waals surface area (Å²) < 4.78 is 10.9. The van der Waals surface area contributed by atoms with E-state index >= 15 is 0 Å². The number of carbonyl (C=O) groups is 1. The molecule has 3 rings (SSSR count). The maximum absolute atomic E-state index is 12.8. The molecule has 1 aliphatic rings. The van der Waals surface area contributed by atoms with Crippen molar-refractivity contribution in [3.63, 3.8) is 0 Å². The van der Waals surface area contributed by atoms with Gasteiger partial charge in [-0.2, -0.15) is 4.98 Å². The summed E-state index contributed by atoms with van der Waals surface area (Å²) >= 11 is 11.8. The SMILES string of the molecule is CC(C)c1noc(C2(NC(=O)c3cc(Cl)c(O)c(Cl)c3)CCOCC2)n1. The van der Waals surface area contributed by atoms with Crippen LogP contribution in [0.15, 0.2) is 16.7 Å². The largest absolute Gasteiger partial charge is 0.505 e. The molecular formula is C17H19Cl2N3O4. The van der Waals surface area contributed by atoms with Gasteiger partial charge in [0.25, 0.3) is 11.8 Å². The summed E-state index contributed by atoms with van der Waals surface area (Å²) in [6, 6.07) is 2.72. The molecule has 0 aliphatic carbocycles. The normalized spacial score (nSPS) is 16.7. The molecule has 1 amide bonds. The number of phenols is 1. The first-order valence-corrected chi connectivity index (χ1v) is 9.00. The summed E-state index contributed by atoms with van der Waals surface area (Å²) in [6.45, 7) is 4.84. The minimum atomic E-state index is -0.827. The lowest BCUT2D eigenvalue weighted by atomic mass is 9.89. The molecule has 0 bridgehead atoms. The summed E-state index contributed by atoms with van der Waals surface area (Å²) in [5, 5.41) is 16.7. The Labute approximate surface area is 160 Å². The Morgan fingerprint density at radius 3 is 2.42 bits per heavy atom. The smallest absolute Gasteiger partial charge is 0.252 e. The van der Waals surface area contributed by atoms with Gasteiger partial charge in [-0.25, -0.2) is 0 Å². The summed E-state index contributed by atoms with van der Waals surface area (Å²) in [5.41, 5.74) is -0.598. The van der Waals surface area contributed by atoms with Crippen molar-refractivity contribution in [1.29, 1.82) is 0 Å². The molecule has 0 unspecified atom stereocenters. The monoisotopic (exact) mass is 399 g/mol. The van der Waals surface area contributed by atoms with Gasteiger partial charge in [-0.3, -0.25) is 4.79 Å². The number of carbonyl (C=O) groups excluding carboxylic acids is 1. The van der Waals surface area contributed by atoms with Crippen LogP contribution in [0.5, 0.6) is 5.75 Å². The van der Waals surface area contributed by atoms with E-state index in [4.69, 9.17) is 32.5 Å². The van der Waals surface area contributed by atoms with Crippen molar-refractivity contribution >= 4 is 29.1 Å². The van der Waals surface area contributed by atoms with Gasteiger partial charge >= 0.3 is 0 Å². The number of nitrogens with one attached hydrogen (secondary N) is 1. The third kappa shape index (κ3) is 3.65. The molecule has 2 N–H and O–H groups in total. The van der Waals surface area contributed by atoms with Crippen LogP contribution in [0, 0.1) is 0 Å². The van der Waals surface area contributed by atoms with E-state index in [2.05, 4.69) is 15.5 Å². The molecule has 1 aromatic heterocycles. The maximum atomic E-state index is 12.8. The summed E-state index contributed by atoms with van der Waals surface area (Å²) in [4.78, 5) is 17.3. The Morgan fingerprint density at radius 2 is 1.88 bits per heavy atom. The Balaban J connectivity index is 1.92. The summed E-state index contributed by atoms with van der Waals surface area (Å²) in [5.74, 6) is 0.378. The zero-order valence-electron chi connectivity index (χ0n) is 14.4. The van der Waals surface area contributed by atoms with E-state index in [1.165, 1.54) is 12.1 Å². The van der Waals surface area contributed by atoms with Crippen LogP contribution < -0.4 is 5.32 Å². The predicted octanol–water partition coefficient (Wildman–Crippen LogP) is 3.64. The van der Waals surface area contributed by atoms with Crippen LogP contribution >= 0.6 is 23.2 Å². The molecule has 7 nitrogen and oxygen atoms in total. The minimum Gasteiger partial charge on any atom is -0.505 e. The molecular weight excluding hydrogens is 381 g/mol. The molecule has 2 aromatic rings. The van der Waals surface area contributed by atoms with Gasteiger partial charge in [0.15, 0.2) is 11.6 Å². The first kappa shape index (κ1) is 18.9. The average Bonchev–Trinajstić information content (AvgIpc) is 3.11. The predicted molar refractivity (Wildman–Crippen MR) is 95.7 cm³/mol. The number of hydrogen-bond acceptors (Lipinski definition) is 6. The van der Waals surface area contributed by atoms with E-state index in [-0.39, 0.29) is 27.3 Å². The van der Waals surface area contributed by atoms with Crippen molar-refractivity contribution in [2.75, 3.05) is 13.2 Å². The average molecular weight is 400 g/mol. The van der Waals surface area contributed by atoms with Crippen molar-refractivity contribution in [2.45, 2.75) is 38.1 Å². The lowest BCUT2D eigenvalue weighted by Crippen LogP contribution is -2.49. The number of aromatic hydroxyl groups is 1. The fourth-order valence-electron chi connectivity index (χ4n) is 2.76. The van der Waals surface area contributed by atoms with E-state index < -0.39 is 11.4 Å². The lowest BCUT2D eigenvalue weighted by Gasteiger charge is -2.34. The van der Waals surface area contributed by atoms with Crippen LogP contribution in [0.2, 0.25) is 10.0 Å². The fraction of sp³-hybridized carbons (Fsp3) is 0.471. The molecule has 1 aromatic carbocycles. The van der Waals surface area contributed by atoms with Crippen molar-refractivity contribution in [2.24, 2.45) is 0 Å². The first-order chi connectivity index (χ1) is 12.3. The van der Waals surface area contributed by atoms with Gasteiger partial charge in [0.1, 0.15) is 5.54 Å². The van der Waals surface area contributed by atoms with Gasteiger partial charge in [0.2, 0.25) is 0 Å². The Kier molecular flexibility index (Phi) is 5.41. The van der Waals surface area contributed by atoms with Crippen LogP contribution in [0.1, 0.15) is 54.7 Å². The van der Waals surface area contributed by atoms with Gasteiger partial charge in [-0.1, -0.05) is 42.2 Å². The Bertz CT molecular complexity index is 793. The maximum Gasteiger partial charge on any atom is 0.252 e. The van der Waals surface area contributed by atoms with Crippen molar-refractivity contribution < 1.29 is 19.2 Å². The zero-order chi connectivity index (χ0) is 18.9.